The molecule has 4 atom stereocenters. The van der Waals surface area contributed by atoms with Crippen LogP contribution >= 0.6 is 0 Å². The van der Waals surface area contributed by atoms with E-state index in [2.05, 4.69) is 0 Å². The lowest BCUT2D eigenvalue weighted by atomic mass is 9.87. The van der Waals surface area contributed by atoms with E-state index in [1.807, 2.05) is 0 Å². The number of aliphatic hydroxyl groups is 1. The van der Waals surface area contributed by atoms with Gasteiger partial charge in [-0.2, -0.15) is 0 Å². The summed E-state index contributed by atoms with van der Waals surface area (Å²) in [6, 6.07) is 0. The predicted octanol–water partition coefficient (Wildman–Crippen LogP) is 1.04. The van der Waals surface area contributed by atoms with Gasteiger partial charge in [0.15, 0.2) is 0 Å². The van der Waals surface area contributed by atoms with E-state index in [1.165, 1.54) is 19.3 Å². The van der Waals surface area contributed by atoms with Crippen LogP contribution in [0.3, 0.4) is 0 Å². The van der Waals surface area contributed by atoms with Crippen LogP contribution in [-0.2, 0) is 4.74 Å². The normalized spacial score (nSPS) is 48.5. The Kier molecular flexibility index (Phi) is 1.90. The van der Waals surface area contributed by atoms with E-state index in [4.69, 9.17) is 9.84 Å². The van der Waals surface area contributed by atoms with Crippen LogP contribution in [0.4, 0.5) is 0 Å². The first-order valence-corrected chi connectivity index (χ1v) is 4.48. The van der Waals surface area contributed by atoms with Gasteiger partial charge in [-0.3, -0.25) is 0 Å². The molecule has 2 saturated carbocycles. The second kappa shape index (κ2) is 2.76. The highest BCUT2D eigenvalue weighted by Crippen LogP contribution is 2.49. The van der Waals surface area contributed by atoms with Crippen molar-refractivity contribution in [1.82, 2.24) is 0 Å². The van der Waals surface area contributed by atoms with Gasteiger partial charge in [-0.1, -0.05) is 0 Å². The molecule has 2 heteroatoms. The van der Waals surface area contributed by atoms with Crippen LogP contribution in [0, 0.1) is 17.8 Å². The van der Waals surface area contributed by atoms with Crippen molar-refractivity contribution in [3.8, 4) is 0 Å². The van der Waals surface area contributed by atoms with Crippen molar-refractivity contribution in [3.63, 3.8) is 0 Å². The first-order chi connectivity index (χ1) is 5.35. The standard InChI is InChI=1S/C9H16O2/c1-11-9-4-6-2-7(5-10)8(9)3-6/h6-10H,2-5H2,1H3/t6-,7+,8-,9+/m1/s1. The summed E-state index contributed by atoms with van der Waals surface area (Å²) < 4.78 is 5.37. The van der Waals surface area contributed by atoms with E-state index in [1.54, 1.807) is 7.11 Å². The number of aliphatic hydroxyl groups excluding tert-OH is 1. The summed E-state index contributed by atoms with van der Waals surface area (Å²) in [6.07, 6.45) is 4.22. The van der Waals surface area contributed by atoms with E-state index in [0.717, 1.165) is 5.92 Å². The van der Waals surface area contributed by atoms with Gasteiger partial charge in [-0.25, -0.2) is 0 Å². The third-order valence-electron chi connectivity index (χ3n) is 3.43. The lowest BCUT2D eigenvalue weighted by molar-refractivity contribution is 0.0190. The van der Waals surface area contributed by atoms with Crippen molar-refractivity contribution >= 4 is 0 Å². The molecule has 2 aliphatic rings. The van der Waals surface area contributed by atoms with Crippen LogP contribution in [0.5, 0.6) is 0 Å². The zero-order valence-electron chi connectivity index (χ0n) is 6.99. The summed E-state index contributed by atoms with van der Waals surface area (Å²) in [5.74, 6) is 2.05. The Hall–Kier alpha value is -0.0800. The number of rotatable bonds is 2. The maximum Gasteiger partial charge on any atom is 0.0605 e. The predicted molar refractivity (Wildman–Crippen MR) is 42.2 cm³/mol. The van der Waals surface area contributed by atoms with Gasteiger partial charge < -0.3 is 9.84 Å². The molecule has 0 heterocycles. The molecule has 0 aromatic heterocycles. The summed E-state index contributed by atoms with van der Waals surface area (Å²) in [7, 11) is 1.79. The maximum atomic E-state index is 9.05. The summed E-state index contributed by atoms with van der Waals surface area (Å²) in [4.78, 5) is 0. The van der Waals surface area contributed by atoms with Crippen LogP contribution in [0.25, 0.3) is 0 Å². The highest BCUT2D eigenvalue weighted by molar-refractivity contribution is 4.95. The lowest BCUT2D eigenvalue weighted by Gasteiger charge is -2.26. The van der Waals surface area contributed by atoms with Crippen LogP contribution in [0.1, 0.15) is 19.3 Å². The molecule has 0 spiro atoms. The zero-order chi connectivity index (χ0) is 7.84. The minimum absolute atomic E-state index is 0.362. The number of methoxy groups -OCH3 is 1. The van der Waals surface area contributed by atoms with E-state index < -0.39 is 0 Å². The Balaban J connectivity index is 2.02. The fourth-order valence-corrected chi connectivity index (χ4v) is 2.91. The highest BCUT2D eigenvalue weighted by Gasteiger charge is 2.45. The lowest BCUT2D eigenvalue weighted by Crippen LogP contribution is -2.28. The molecule has 2 nitrogen and oxygen atoms in total. The van der Waals surface area contributed by atoms with E-state index in [0.29, 0.717) is 24.5 Å². The van der Waals surface area contributed by atoms with Crippen LogP contribution in [0.15, 0.2) is 0 Å². The van der Waals surface area contributed by atoms with Gasteiger partial charge in [0.1, 0.15) is 0 Å². The molecule has 0 aromatic rings. The molecular formula is C9H16O2. The van der Waals surface area contributed by atoms with Gasteiger partial charge in [-0.15, -0.1) is 0 Å². The van der Waals surface area contributed by atoms with Crippen molar-refractivity contribution in [2.24, 2.45) is 17.8 Å². The Morgan fingerprint density at radius 1 is 1.36 bits per heavy atom. The molecule has 0 radical (unpaired) electrons. The quantitative estimate of drug-likeness (QED) is 0.647. The number of fused-ring (bicyclic) bond motifs is 2. The van der Waals surface area contributed by atoms with Gasteiger partial charge >= 0.3 is 0 Å². The summed E-state index contributed by atoms with van der Waals surface area (Å²) in [5, 5.41) is 9.05. The topological polar surface area (TPSA) is 29.5 Å². The summed E-state index contributed by atoms with van der Waals surface area (Å²) >= 11 is 0. The van der Waals surface area contributed by atoms with Crippen molar-refractivity contribution in [2.45, 2.75) is 25.4 Å². The molecular weight excluding hydrogens is 140 g/mol. The Morgan fingerprint density at radius 2 is 2.18 bits per heavy atom. The number of ether oxygens (including phenoxy) is 1. The third-order valence-corrected chi connectivity index (χ3v) is 3.43. The van der Waals surface area contributed by atoms with Crippen molar-refractivity contribution in [3.05, 3.63) is 0 Å². The molecule has 64 valence electrons. The molecule has 1 N–H and O–H groups in total. The minimum Gasteiger partial charge on any atom is -0.396 e. The molecule has 2 fully saturated rings. The zero-order valence-corrected chi connectivity index (χ0v) is 6.99. The Labute approximate surface area is 67.6 Å². The third kappa shape index (κ3) is 1.09. The van der Waals surface area contributed by atoms with Gasteiger partial charge in [0, 0.05) is 13.7 Å². The maximum absolute atomic E-state index is 9.05. The second-order valence-electron chi connectivity index (χ2n) is 3.95. The van der Waals surface area contributed by atoms with Crippen LogP contribution in [0.2, 0.25) is 0 Å². The molecule has 11 heavy (non-hydrogen) atoms. The monoisotopic (exact) mass is 156 g/mol. The second-order valence-corrected chi connectivity index (χ2v) is 3.95. The van der Waals surface area contributed by atoms with Gasteiger partial charge in [0.2, 0.25) is 0 Å². The van der Waals surface area contributed by atoms with Crippen molar-refractivity contribution in [2.75, 3.05) is 13.7 Å². The fraction of sp³-hybridized carbons (Fsp3) is 1.00. The summed E-state index contributed by atoms with van der Waals surface area (Å²) in [6.45, 7) is 0.362. The van der Waals surface area contributed by atoms with Crippen LogP contribution in [-0.4, -0.2) is 24.9 Å². The van der Waals surface area contributed by atoms with Gasteiger partial charge in [0.05, 0.1) is 6.10 Å². The molecule has 2 aliphatic carbocycles. The Bertz CT molecular complexity index is 132. The largest absolute Gasteiger partial charge is 0.396 e. The van der Waals surface area contributed by atoms with Crippen molar-refractivity contribution < 1.29 is 9.84 Å². The SMILES string of the molecule is CO[C@H]1C[C@@H]2C[C@@H](CO)[C@H]1C2. The number of hydrogen-bond acceptors (Lipinski definition) is 2. The number of hydrogen-bond donors (Lipinski definition) is 1. The van der Waals surface area contributed by atoms with Crippen LogP contribution < -0.4 is 0 Å². The molecule has 2 rings (SSSR count). The Morgan fingerprint density at radius 3 is 2.73 bits per heavy atom. The molecule has 0 aromatic carbocycles. The first kappa shape index (κ1) is 7.56. The van der Waals surface area contributed by atoms with E-state index in [9.17, 15) is 0 Å². The van der Waals surface area contributed by atoms with Gasteiger partial charge in [0.25, 0.3) is 0 Å². The average molecular weight is 156 g/mol. The average Bonchev–Trinajstić information content (AvgIpc) is 2.60. The van der Waals surface area contributed by atoms with E-state index >= 15 is 0 Å². The fourth-order valence-electron chi connectivity index (χ4n) is 2.91. The first-order valence-electron chi connectivity index (χ1n) is 4.48. The minimum atomic E-state index is 0.362. The molecule has 2 bridgehead atoms. The molecule has 0 saturated heterocycles. The van der Waals surface area contributed by atoms with Crippen molar-refractivity contribution in [1.29, 1.82) is 0 Å². The molecule has 0 aliphatic heterocycles. The molecule has 0 amide bonds. The summed E-state index contributed by atoms with van der Waals surface area (Å²) in [5.41, 5.74) is 0. The molecule has 0 unspecified atom stereocenters. The van der Waals surface area contributed by atoms with E-state index in [-0.39, 0.29) is 0 Å². The van der Waals surface area contributed by atoms with Gasteiger partial charge in [-0.05, 0) is 37.0 Å². The smallest absolute Gasteiger partial charge is 0.0605 e. The highest BCUT2D eigenvalue weighted by atomic mass is 16.5.